The summed E-state index contributed by atoms with van der Waals surface area (Å²) in [5.41, 5.74) is -0.227. The maximum atomic E-state index is 11.7. The summed E-state index contributed by atoms with van der Waals surface area (Å²) in [5, 5.41) is 10.6. The number of nitro groups is 1. The van der Waals surface area contributed by atoms with Crippen molar-refractivity contribution in [3.05, 3.63) is 39.9 Å². The maximum Gasteiger partial charge on any atom is 0.346 e. The number of rotatable bonds is 5. The number of hydrogen-bond acceptors (Lipinski definition) is 5. The number of ether oxygens (including phenoxy) is 1. The summed E-state index contributed by atoms with van der Waals surface area (Å²) in [6, 6.07) is 5.08. The van der Waals surface area contributed by atoms with Crippen LogP contribution in [0.3, 0.4) is 0 Å². The molecule has 1 unspecified atom stereocenters. The lowest BCUT2D eigenvalue weighted by Crippen LogP contribution is -2.19. The second-order valence-corrected chi connectivity index (χ2v) is 4.21. The zero-order valence-corrected chi connectivity index (χ0v) is 10.8. The van der Waals surface area contributed by atoms with E-state index in [9.17, 15) is 19.7 Å². The van der Waals surface area contributed by atoms with Gasteiger partial charge in [-0.3, -0.25) is 14.9 Å². The van der Waals surface area contributed by atoms with Gasteiger partial charge in [-0.2, -0.15) is 0 Å². The van der Waals surface area contributed by atoms with Crippen LogP contribution in [0, 0.1) is 16.0 Å². The van der Waals surface area contributed by atoms with E-state index in [2.05, 4.69) is 4.74 Å². The summed E-state index contributed by atoms with van der Waals surface area (Å²) >= 11 is 0. The predicted octanol–water partition coefficient (Wildman–Crippen LogP) is 2.71. The molecule has 0 radical (unpaired) electrons. The normalized spacial score (nSPS) is 11.7. The van der Waals surface area contributed by atoms with Gasteiger partial charge in [-0.1, -0.05) is 26.3 Å². The van der Waals surface area contributed by atoms with Crippen molar-refractivity contribution in [1.82, 2.24) is 0 Å². The van der Waals surface area contributed by atoms with Crippen LogP contribution in [0.5, 0.6) is 0 Å². The molecule has 0 aromatic heterocycles. The summed E-state index contributed by atoms with van der Waals surface area (Å²) in [6.45, 7) is 3.60. The number of nitro benzene ring substituents is 1. The first kappa shape index (κ1) is 14.8. The molecule has 1 rings (SSSR count). The number of esters is 2. The molecule has 0 heterocycles. The Hall–Kier alpha value is -2.24. The Bertz CT molecular complexity index is 498. The number of nitrogens with zero attached hydrogens (tertiary/aromatic N) is 1. The van der Waals surface area contributed by atoms with Crippen molar-refractivity contribution < 1.29 is 19.2 Å². The molecule has 1 aromatic rings. The Labute approximate surface area is 110 Å². The van der Waals surface area contributed by atoms with Gasteiger partial charge < -0.3 is 4.74 Å². The SMILES string of the molecule is CCCC(C)C(=O)OC(=O)c1cccc([N+](=O)[O-])c1. The first-order chi connectivity index (χ1) is 8.95. The molecule has 0 fully saturated rings. The number of hydrogen-bond donors (Lipinski definition) is 0. The molecule has 0 saturated carbocycles. The van der Waals surface area contributed by atoms with Crippen molar-refractivity contribution in [2.24, 2.45) is 5.92 Å². The average Bonchev–Trinajstić information content (AvgIpc) is 2.39. The molecule has 0 saturated heterocycles. The Morgan fingerprint density at radius 1 is 1.42 bits per heavy atom. The number of non-ortho nitro benzene ring substituents is 1. The Balaban J connectivity index is 2.76. The molecule has 1 atom stereocenters. The van der Waals surface area contributed by atoms with Gasteiger partial charge in [0.25, 0.3) is 5.69 Å². The first-order valence-electron chi connectivity index (χ1n) is 5.96. The minimum atomic E-state index is -0.864. The van der Waals surface area contributed by atoms with Crippen LogP contribution in [0.25, 0.3) is 0 Å². The highest BCUT2D eigenvalue weighted by Crippen LogP contribution is 2.15. The van der Waals surface area contributed by atoms with Crippen LogP contribution < -0.4 is 0 Å². The van der Waals surface area contributed by atoms with E-state index < -0.39 is 16.9 Å². The maximum absolute atomic E-state index is 11.7. The van der Waals surface area contributed by atoms with Gasteiger partial charge in [0.05, 0.1) is 16.4 Å². The summed E-state index contributed by atoms with van der Waals surface area (Å²) < 4.78 is 4.69. The van der Waals surface area contributed by atoms with Crippen molar-refractivity contribution in [1.29, 1.82) is 0 Å². The van der Waals surface area contributed by atoms with Crippen molar-refractivity contribution in [3.8, 4) is 0 Å². The van der Waals surface area contributed by atoms with Crippen LogP contribution in [0.4, 0.5) is 5.69 Å². The largest absolute Gasteiger partial charge is 0.389 e. The smallest absolute Gasteiger partial charge is 0.346 e. The fourth-order valence-corrected chi connectivity index (χ4v) is 1.55. The zero-order valence-electron chi connectivity index (χ0n) is 10.8. The topological polar surface area (TPSA) is 86.5 Å². The van der Waals surface area contributed by atoms with Crippen LogP contribution >= 0.6 is 0 Å². The van der Waals surface area contributed by atoms with E-state index >= 15 is 0 Å². The van der Waals surface area contributed by atoms with Crippen molar-refractivity contribution in [3.63, 3.8) is 0 Å². The molecule has 0 spiro atoms. The molecule has 19 heavy (non-hydrogen) atoms. The lowest BCUT2D eigenvalue weighted by atomic mass is 10.1. The molecule has 0 aliphatic rings. The summed E-state index contributed by atoms with van der Waals surface area (Å²) in [7, 11) is 0. The third-order valence-corrected chi connectivity index (χ3v) is 2.61. The van der Waals surface area contributed by atoms with E-state index in [4.69, 9.17) is 0 Å². The van der Waals surface area contributed by atoms with Gasteiger partial charge in [0.15, 0.2) is 0 Å². The van der Waals surface area contributed by atoms with Gasteiger partial charge in [0.1, 0.15) is 0 Å². The first-order valence-corrected chi connectivity index (χ1v) is 5.96. The van der Waals surface area contributed by atoms with Crippen molar-refractivity contribution in [2.45, 2.75) is 26.7 Å². The second-order valence-electron chi connectivity index (χ2n) is 4.21. The number of carbonyl (C=O) groups is 2. The third kappa shape index (κ3) is 4.17. The molecule has 6 heteroatoms. The van der Waals surface area contributed by atoms with Crippen LogP contribution in [0.2, 0.25) is 0 Å². The van der Waals surface area contributed by atoms with Crippen molar-refractivity contribution in [2.75, 3.05) is 0 Å². The van der Waals surface area contributed by atoms with E-state index in [1.165, 1.54) is 18.2 Å². The van der Waals surface area contributed by atoms with Crippen LogP contribution in [0.15, 0.2) is 24.3 Å². The van der Waals surface area contributed by atoms with E-state index in [0.717, 1.165) is 12.5 Å². The van der Waals surface area contributed by atoms with E-state index in [-0.39, 0.29) is 17.2 Å². The fourth-order valence-electron chi connectivity index (χ4n) is 1.55. The Morgan fingerprint density at radius 2 is 2.11 bits per heavy atom. The molecule has 0 N–H and O–H groups in total. The summed E-state index contributed by atoms with van der Waals surface area (Å²) in [6.07, 6.45) is 1.43. The van der Waals surface area contributed by atoms with Gasteiger partial charge in [-0.15, -0.1) is 0 Å². The van der Waals surface area contributed by atoms with E-state index in [1.54, 1.807) is 6.92 Å². The van der Waals surface area contributed by atoms with Crippen molar-refractivity contribution >= 4 is 17.6 Å². The summed E-state index contributed by atoms with van der Waals surface area (Å²) in [4.78, 5) is 33.2. The molecule has 102 valence electrons. The van der Waals surface area contributed by atoms with Crippen LogP contribution in [-0.2, 0) is 9.53 Å². The molecule has 6 nitrogen and oxygen atoms in total. The highest BCUT2D eigenvalue weighted by atomic mass is 16.6. The third-order valence-electron chi connectivity index (χ3n) is 2.61. The molecule has 1 aromatic carbocycles. The average molecular weight is 265 g/mol. The highest BCUT2D eigenvalue weighted by Gasteiger charge is 2.20. The quantitative estimate of drug-likeness (QED) is 0.353. The molecule has 0 aliphatic heterocycles. The number of carbonyl (C=O) groups excluding carboxylic acids is 2. The van der Waals surface area contributed by atoms with E-state index in [0.29, 0.717) is 6.42 Å². The summed E-state index contributed by atoms with van der Waals surface area (Å²) in [5.74, 6) is -1.84. The van der Waals surface area contributed by atoms with Gasteiger partial charge in [-0.25, -0.2) is 4.79 Å². The fraction of sp³-hybridized carbons (Fsp3) is 0.385. The highest BCUT2D eigenvalue weighted by molar-refractivity contribution is 5.97. The lowest BCUT2D eigenvalue weighted by Gasteiger charge is -2.08. The minimum absolute atomic E-state index is 0.00810. The van der Waals surface area contributed by atoms with E-state index in [1.807, 2.05) is 6.92 Å². The second kappa shape index (κ2) is 6.63. The molecule has 0 bridgehead atoms. The standard InChI is InChI=1S/C13H15NO5/c1-3-5-9(2)12(15)19-13(16)10-6-4-7-11(8-10)14(17)18/h4,6-9H,3,5H2,1-2H3. The number of benzene rings is 1. The minimum Gasteiger partial charge on any atom is -0.389 e. The van der Waals surface area contributed by atoms with Gasteiger partial charge >= 0.3 is 11.9 Å². The van der Waals surface area contributed by atoms with Gasteiger partial charge in [0.2, 0.25) is 0 Å². The zero-order chi connectivity index (χ0) is 14.4. The van der Waals surface area contributed by atoms with Crippen LogP contribution in [0.1, 0.15) is 37.0 Å². The Morgan fingerprint density at radius 3 is 2.68 bits per heavy atom. The van der Waals surface area contributed by atoms with Gasteiger partial charge in [0, 0.05) is 12.1 Å². The molecule has 0 amide bonds. The lowest BCUT2D eigenvalue weighted by molar-refractivity contribution is -0.384. The monoisotopic (exact) mass is 265 g/mol. The molecular formula is C13H15NO5. The molecule has 0 aliphatic carbocycles. The van der Waals surface area contributed by atoms with Crippen LogP contribution in [-0.4, -0.2) is 16.9 Å². The van der Waals surface area contributed by atoms with Gasteiger partial charge in [-0.05, 0) is 12.5 Å². The predicted molar refractivity (Wildman–Crippen MR) is 67.6 cm³/mol. The molecular weight excluding hydrogens is 250 g/mol. The Kier molecular flexibility index (Phi) is 5.17.